The normalized spacial score (nSPS) is 11.5. The maximum atomic E-state index is 12.6. The summed E-state index contributed by atoms with van der Waals surface area (Å²) in [4.78, 5) is 24.8. The first-order chi connectivity index (χ1) is 11.8. The van der Waals surface area contributed by atoms with E-state index >= 15 is 0 Å². The van der Waals surface area contributed by atoms with Gasteiger partial charge in [-0.1, -0.05) is 92.4 Å². The van der Waals surface area contributed by atoms with Crippen molar-refractivity contribution in [2.24, 2.45) is 17.3 Å². The second-order valence-corrected chi connectivity index (χ2v) is 8.05. The molecule has 0 bridgehead atoms. The summed E-state index contributed by atoms with van der Waals surface area (Å²) in [7, 11) is 0. The Morgan fingerprint density at radius 1 is 0.769 bits per heavy atom. The van der Waals surface area contributed by atoms with Crippen LogP contribution in [0.5, 0.6) is 0 Å². The number of unbranched alkanes of at least 4 members (excludes halogenated alkanes) is 9. The second kappa shape index (κ2) is 15.7. The van der Waals surface area contributed by atoms with E-state index in [9.17, 15) is 9.59 Å². The molecule has 0 rings (SSSR count). The van der Waals surface area contributed by atoms with E-state index in [0.717, 1.165) is 12.8 Å². The van der Waals surface area contributed by atoms with Gasteiger partial charge in [0.2, 0.25) is 0 Å². The van der Waals surface area contributed by atoms with Gasteiger partial charge in [0.05, 0.1) is 6.61 Å². The smallest absolute Gasteiger partial charge is 0.320 e. The van der Waals surface area contributed by atoms with Crippen LogP contribution >= 0.6 is 0 Å². The van der Waals surface area contributed by atoms with Crippen LogP contribution in [-0.2, 0) is 14.3 Å². The first-order valence-corrected chi connectivity index (χ1v) is 10.5. The van der Waals surface area contributed by atoms with Crippen LogP contribution in [0, 0.1) is 17.3 Å². The van der Waals surface area contributed by atoms with Gasteiger partial charge in [0.25, 0.3) is 0 Å². The number of esters is 1. The van der Waals surface area contributed by atoms with E-state index < -0.39 is 5.41 Å². The fourth-order valence-electron chi connectivity index (χ4n) is 3.97. The molecule has 0 radical (unpaired) electrons. The number of hydrogen-bond donors (Lipinski definition) is 0. The zero-order valence-electron chi connectivity index (χ0n) is 17.7. The third-order valence-corrected chi connectivity index (χ3v) is 5.47. The van der Waals surface area contributed by atoms with Crippen molar-refractivity contribution in [3.05, 3.63) is 0 Å². The molecule has 26 heavy (non-hydrogen) atoms. The minimum atomic E-state index is -1.00. The van der Waals surface area contributed by atoms with Gasteiger partial charge in [-0.25, -0.2) is 0 Å². The van der Waals surface area contributed by atoms with Crippen molar-refractivity contribution in [1.29, 1.82) is 0 Å². The minimum absolute atomic E-state index is 0. The molecule has 0 aromatic carbocycles. The maximum Gasteiger partial charge on any atom is 0.320 e. The first kappa shape index (κ1) is 27.9. The Hall–Kier alpha value is -0.328. The number of carbonyl (C=O) groups excluding carboxylic acids is 2. The quantitative estimate of drug-likeness (QED) is 0.170. The van der Waals surface area contributed by atoms with Crippen LogP contribution in [0.4, 0.5) is 0 Å². The summed E-state index contributed by atoms with van der Waals surface area (Å²) < 4.78 is 5.50. The molecule has 0 aliphatic heterocycles. The lowest BCUT2D eigenvalue weighted by atomic mass is 9.66. The number of Topliss-reactive ketones (excluding diaryl/α,β-unsaturated/α-hetero) is 1. The topological polar surface area (TPSA) is 43.4 Å². The van der Waals surface area contributed by atoms with Crippen LogP contribution < -0.4 is 0 Å². The van der Waals surface area contributed by atoms with Crippen molar-refractivity contribution >= 4 is 29.1 Å². The highest BCUT2D eigenvalue weighted by molar-refractivity contribution is 6.03. The third kappa shape index (κ3) is 9.05. The van der Waals surface area contributed by atoms with E-state index in [1.165, 1.54) is 58.3 Å². The number of carbonyl (C=O) groups is 2. The Kier molecular flexibility index (Phi) is 16.8. The third-order valence-electron chi connectivity index (χ3n) is 5.47. The van der Waals surface area contributed by atoms with Crippen molar-refractivity contribution in [3.63, 3.8) is 0 Å². The minimum Gasteiger partial charge on any atom is -0.465 e. The molecule has 0 saturated heterocycles. The van der Waals surface area contributed by atoms with Gasteiger partial charge in [0.15, 0.2) is 17.4 Å². The number of hydrogen-bond acceptors (Lipinski definition) is 3. The summed E-state index contributed by atoms with van der Waals surface area (Å²) >= 11 is 0. The Bertz CT molecular complexity index is 370. The van der Waals surface area contributed by atoms with E-state index in [1.54, 1.807) is 0 Å². The summed E-state index contributed by atoms with van der Waals surface area (Å²) in [5, 5.41) is 0. The second-order valence-electron chi connectivity index (χ2n) is 8.05. The molecule has 0 amide bonds. The molecule has 0 heterocycles. The van der Waals surface area contributed by atoms with Crippen LogP contribution in [0.2, 0.25) is 0 Å². The van der Waals surface area contributed by atoms with Gasteiger partial charge >= 0.3 is 5.97 Å². The SMILES string of the molecule is CCCCCCCCCCCCOC(=O)C(C(C)=O)(C(C)C)C(C)C.[AlH3]. The summed E-state index contributed by atoms with van der Waals surface area (Å²) in [6.45, 7) is 11.9. The molecule has 0 aliphatic rings. The number of ether oxygens (including phenoxy) is 1. The highest BCUT2D eigenvalue weighted by Gasteiger charge is 2.50. The van der Waals surface area contributed by atoms with Crippen LogP contribution in [0.3, 0.4) is 0 Å². The Morgan fingerprint density at radius 2 is 1.15 bits per heavy atom. The van der Waals surface area contributed by atoms with Crippen molar-refractivity contribution in [2.75, 3.05) is 6.61 Å². The molecule has 4 heteroatoms. The van der Waals surface area contributed by atoms with Crippen LogP contribution in [0.25, 0.3) is 0 Å². The van der Waals surface area contributed by atoms with Crippen molar-refractivity contribution < 1.29 is 14.3 Å². The van der Waals surface area contributed by atoms with Gasteiger partial charge < -0.3 is 4.74 Å². The molecule has 0 unspecified atom stereocenters. The average Bonchev–Trinajstić information content (AvgIpc) is 2.52. The molecule has 0 atom stereocenters. The van der Waals surface area contributed by atoms with Gasteiger partial charge in [0, 0.05) is 0 Å². The molecular formula is C22H45AlO3. The molecule has 3 nitrogen and oxygen atoms in total. The van der Waals surface area contributed by atoms with E-state index in [1.807, 2.05) is 27.7 Å². The average molecular weight is 385 g/mol. The summed E-state index contributed by atoms with van der Waals surface area (Å²) in [5.74, 6) is -0.512. The van der Waals surface area contributed by atoms with Crippen LogP contribution in [0.1, 0.15) is 106 Å². The van der Waals surface area contributed by atoms with E-state index in [2.05, 4.69) is 6.92 Å². The number of rotatable bonds is 15. The largest absolute Gasteiger partial charge is 0.465 e. The Balaban J connectivity index is 0. The molecule has 0 aromatic heterocycles. The highest BCUT2D eigenvalue weighted by Crippen LogP contribution is 2.38. The van der Waals surface area contributed by atoms with Gasteiger partial charge in [-0.3, -0.25) is 9.59 Å². The standard InChI is InChI=1S/C22H42O3.Al.3H/c1-7-8-9-10-11-12-13-14-15-16-17-25-21(24)22(18(2)3,19(4)5)20(6)23;;;;/h18-19H,7-17H2,1-6H3;;;;. The fraction of sp³-hybridized carbons (Fsp3) is 0.909. The van der Waals surface area contributed by atoms with E-state index in [-0.39, 0.29) is 40.9 Å². The summed E-state index contributed by atoms with van der Waals surface area (Å²) in [5.41, 5.74) is -1.00. The van der Waals surface area contributed by atoms with Gasteiger partial charge in [-0.15, -0.1) is 0 Å². The summed E-state index contributed by atoms with van der Waals surface area (Å²) in [6.07, 6.45) is 12.5. The summed E-state index contributed by atoms with van der Waals surface area (Å²) in [6, 6.07) is 0. The molecule has 0 saturated carbocycles. The molecule has 0 spiro atoms. The predicted octanol–water partition coefficient (Wildman–Crippen LogP) is 5.15. The predicted molar refractivity (Wildman–Crippen MR) is 116 cm³/mol. The molecular weight excluding hydrogens is 339 g/mol. The lowest BCUT2D eigenvalue weighted by Crippen LogP contribution is -2.48. The van der Waals surface area contributed by atoms with Gasteiger partial charge in [-0.05, 0) is 25.2 Å². The van der Waals surface area contributed by atoms with Crippen molar-refractivity contribution in [2.45, 2.75) is 106 Å². The molecule has 0 N–H and O–H groups in total. The lowest BCUT2D eigenvalue weighted by molar-refractivity contribution is -0.167. The van der Waals surface area contributed by atoms with Crippen molar-refractivity contribution in [3.8, 4) is 0 Å². The fourth-order valence-corrected chi connectivity index (χ4v) is 3.97. The first-order valence-electron chi connectivity index (χ1n) is 10.5. The Morgan fingerprint density at radius 3 is 1.50 bits per heavy atom. The van der Waals surface area contributed by atoms with Crippen LogP contribution in [0.15, 0.2) is 0 Å². The molecule has 0 aliphatic carbocycles. The maximum absolute atomic E-state index is 12.6. The lowest BCUT2D eigenvalue weighted by Gasteiger charge is -2.36. The molecule has 0 aromatic rings. The van der Waals surface area contributed by atoms with Crippen molar-refractivity contribution in [1.82, 2.24) is 0 Å². The van der Waals surface area contributed by atoms with E-state index in [0.29, 0.717) is 6.61 Å². The van der Waals surface area contributed by atoms with Crippen LogP contribution in [-0.4, -0.2) is 35.7 Å². The monoisotopic (exact) mass is 384 g/mol. The highest BCUT2D eigenvalue weighted by atomic mass is 27.0. The zero-order chi connectivity index (χ0) is 19.3. The zero-order valence-corrected chi connectivity index (χ0v) is 17.7. The molecule has 0 fully saturated rings. The van der Waals surface area contributed by atoms with Gasteiger partial charge in [-0.2, -0.15) is 0 Å². The number of ketones is 1. The Labute approximate surface area is 173 Å². The molecule has 154 valence electrons. The van der Waals surface area contributed by atoms with E-state index in [4.69, 9.17) is 4.74 Å². The van der Waals surface area contributed by atoms with Gasteiger partial charge in [0.1, 0.15) is 11.2 Å².